The normalized spacial score (nSPS) is 21.1. The van der Waals surface area contributed by atoms with Crippen LogP contribution in [-0.4, -0.2) is 44.5 Å². The molecule has 2 heterocycles. The number of nitrogens with zero attached hydrogens (tertiary/aromatic N) is 1. The summed E-state index contributed by atoms with van der Waals surface area (Å²) in [6, 6.07) is 21.4. The second-order valence-electron chi connectivity index (χ2n) is 10.5. The number of allylic oxidation sites excluding steroid dienone is 1. The SMILES string of the molecule is CC1=C(c2ccc(CS(=O)O)cc2)C(c2ccc(OCC(C)N3CCC(C)C3)cc2)Oc2c(O)cccc21. The van der Waals surface area contributed by atoms with Crippen LogP contribution in [0.1, 0.15) is 55.5 Å². The summed E-state index contributed by atoms with van der Waals surface area (Å²) in [5.41, 5.74) is 5.55. The molecule has 2 N–H and O–H groups in total. The Hall–Kier alpha value is -3.13. The maximum atomic E-state index is 11.3. The van der Waals surface area contributed by atoms with Gasteiger partial charge in [0.1, 0.15) is 18.5 Å². The second kappa shape index (κ2) is 11.3. The van der Waals surface area contributed by atoms with E-state index in [-0.39, 0.29) is 11.5 Å². The van der Waals surface area contributed by atoms with Crippen molar-refractivity contribution in [1.82, 2.24) is 4.90 Å². The maximum absolute atomic E-state index is 11.3. The molecule has 0 amide bonds. The fourth-order valence-electron chi connectivity index (χ4n) is 5.42. The van der Waals surface area contributed by atoms with E-state index in [1.807, 2.05) is 67.6 Å². The van der Waals surface area contributed by atoms with E-state index >= 15 is 0 Å². The first-order valence-electron chi connectivity index (χ1n) is 13.1. The lowest BCUT2D eigenvalue weighted by Gasteiger charge is -2.31. The van der Waals surface area contributed by atoms with Crippen LogP contribution in [0.5, 0.6) is 17.2 Å². The third-order valence-electron chi connectivity index (χ3n) is 7.61. The fourth-order valence-corrected chi connectivity index (χ4v) is 5.90. The van der Waals surface area contributed by atoms with Crippen LogP contribution in [0.15, 0.2) is 66.7 Å². The molecule has 200 valence electrons. The number of ether oxygens (including phenoxy) is 2. The predicted octanol–water partition coefficient (Wildman–Crippen LogP) is 6.29. The van der Waals surface area contributed by atoms with Crippen molar-refractivity contribution in [2.45, 2.75) is 45.1 Å². The van der Waals surface area contributed by atoms with Crippen molar-refractivity contribution in [3.63, 3.8) is 0 Å². The molecule has 1 saturated heterocycles. The zero-order chi connectivity index (χ0) is 26.8. The van der Waals surface area contributed by atoms with Crippen molar-refractivity contribution in [3.8, 4) is 17.2 Å². The molecule has 1 fully saturated rings. The summed E-state index contributed by atoms with van der Waals surface area (Å²) < 4.78 is 33.1. The van der Waals surface area contributed by atoms with Gasteiger partial charge in [-0.3, -0.25) is 4.90 Å². The first kappa shape index (κ1) is 26.5. The number of hydrogen-bond acceptors (Lipinski definition) is 5. The van der Waals surface area contributed by atoms with Crippen LogP contribution in [0.3, 0.4) is 0 Å². The number of rotatable bonds is 8. The van der Waals surface area contributed by atoms with Gasteiger partial charge in [-0.05, 0) is 73.2 Å². The molecule has 2 aliphatic heterocycles. The van der Waals surface area contributed by atoms with Gasteiger partial charge in [-0.1, -0.05) is 55.5 Å². The molecule has 38 heavy (non-hydrogen) atoms. The zero-order valence-corrected chi connectivity index (χ0v) is 22.9. The quantitative estimate of drug-likeness (QED) is 0.332. The van der Waals surface area contributed by atoms with E-state index in [2.05, 4.69) is 18.7 Å². The summed E-state index contributed by atoms with van der Waals surface area (Å²) in [5, 5.41) is 10.6. The minimum Gasteiger partial charge on any atom is -0.504 e. The highest BCUT2D eigenvalue weighted by Gasteiger charge is 2.31. The van der Waals surface area contributed by atoms with E-state index in [0.29, 0.717) is 18.4 Å². The molecular weight excluding hydrogens is 498 g/mol. The Kier molecular flexibility index (Phi) is 7.88. The van der Waals surface area contributed by atoms with Gasteiger partial charge in [0.05, 0.1) is 5.75 Å². The minimum atomic E-state index is -1.89. The van der Waals surface area contributed by atoms with Gasteiger partial charge in [-0.2, -0.15) is 0 Å². The number of fused-ring (bicyclic) bond motifs is 1. The molecule has 0 radical (unpaired) electrons. The van der Waals surface area contributed by atoms with Crippen LogP contribution in [0.25, 0.3) is 11.1 Å². The summed E-state index contributed by atoms with van der Waals surface area (Å²) in [4.78, 5) is 2.49. The zero-order valence-electron chi connectivity index (χ0n) is 22.1. The number of phenolic OH excluding ortho intramolecular Hbond substituents is 1. The summed E-state index contributed by atoms with van der Waals surface area (Å²) in [6.07, 6.45) is 0.811. The van der Waals surface area contributed by atoms with E-state index in [0.717, 1.165) is 58.2 Å². The lowest BCUT2D eigenvalue weighted by atomic mass is 9.86. The smallest absolute Gasteiger partial charge is 0.169 e. The van der Waals surface area contributed by atoms with Gasteiger partial charge in [-0.15, -0.1) is 0 Å². The number of benzene rings is 3. The highest BCUT2D eigenvalue weighted by molar-refractivity contribution is 7.78. The molecule has 0 aromatic heterocycles. The second-order valence-corrected chi connectivity index (χ2v) is 11.4. The van der Waals surface area contributed by atoms with Gasteiger partial charge in [0.25, 0.3) is 0 Å². The van der Waals surface area contributed by atoms with E-state index in [4.69, 9.17) is 9.47 Å². The van der Waals surface area contributed by atoms with E-state index in [9.17, 15) is 13.9 Å². The van der Waals surface area contributed by atoms with Crippen molar-refractivity contribution in [1.29, 1.82) is 0 Å². The van der Waals surface area contributed by atoms with Gasteiger partial charge in [0.15, 0.2) is 22.6 Å². The van der Waals surface area contributed by atoms with Crippen LogP contribution in [-0.2, 0) is 16.8 Å². The van der Waals surface area contributed by atoms with Gasteiger partial charge < -0.3 is 19.1 Å². The predicted molar refractivity (Wildman–Crippen MR) is 152 cm³/mol. The highest BCUT2D eigenvalue weighted by atomic mass is 32.2. The molecule has 4 unspecified atom stereocenters. The number of likely N-dealkylation sites (tertiary alicyclic amines) is 1. The molecule has 3 aromatic rings. The molecule has 0 bridgehead atoms. The number of phenols is 1. The number of para-hydroxylation sites is 1. The molecule has 7 heteroatoms. The Bertz CT molecular complexity index is 1340. The van der Waals surface area contributed by atoms with Crippen molar-refractivity contribution >= 4 is 22.2 Å². The summed E-state index contributed by atoms with van der Waals surface area (Å²) in [5.74, 6) is 2.23. The van der Waals surface area contributed by atoms with Gasteiger partial charge in [0, 0.05) is 23.7 Å². The minimum absolute atomic E-state index is 0.0891. The Morgan fingerprint density at radius 2 is 1.84 bits per heavy atom. The standard InChI is InChI=1S/C31H35NO5S/c1-20-15-16-32(17-20)21(2)18-36-26-13-11-25(12-14-26)30-29(24-9-7-23(8-10-24)19-38(34)35)22(3)27-5-4-6-28(33)31(27)37-30/h4-14,20-21,30,33H,15-19H2,1-3H3,(H,34,35). The summed E-state index contributed by atoms with van der Waals surface area (Å²) >= 11 is -1.89. The van der Waals surface area contributed by atoms with Crippen LogP contribution in [0.2, 0.25) is 0 Å². The van der Waals surface area contributed by atoms with Crippen molar-refractivity contribution in [2.75, 3.05) is 19.7 Å². The van der Waals surface area contributed by atoms with Crippen molar-refractivity contribution in [2.24, 2.45) is 5.92 Å². The lowest BCUT2D eigenvalue weighted by Crippen LogP contribution is -2.35. The molecule has 6 nitrogen and oxygen atoms in total. The van der Waals surface area contributed by atoms with Gasteiger partial charge in [0.2, 0.25) is 0 Å². The fraction of sp³-hybridized carbons (Fsp3) is 0.355. The monoisotopic (exact) mass is 533 g/mol. The lowest BCUT2D eigenvalue weighted by molar-refractivity contribution is 0.169. The molecule has 0 aliphatic carbocycles. The molecule has 4 atom stereocenters. The molecule has 0 spiro atoms. The van der Waals surface area contributed by atoms with E-state index in [1.54, 1.807) is 6.07 Å². The van der Waals surface area contributed by atoms with E-state index < -0.39 is 17.2 Å². The Balaban J connectivity index is 1.41. The first-order valence-corrected chi connectivity index (χ1v) is 14.4. The molecule has 5 rings (SSSR count). The summed E-state index contributed by atoms with van der Waals surface area (Å²) in [6.45, 7) is 9.46. The molecule has 3 aromatic carbocycles. The molecular formula is C31H35NO5S. The first-order chi connectivity index (χ1) is 18.3. The van der Waals surface area contributed by atoms with Crippen molar-refractivity contribution in [3.05, 3.63) is 89.0 Å². The van der Waals surface area contributed by atoms with Crippen molar-refractivity contribution < 1.29 is 23.3 Å². The Labute approximate surface area is 227 Å². The Morgan fingerprint density at radius 1 is 1.11 bits per heavy atom. The number of aromatic hydroxyl groups is 1. The third kappa shape index (κ3) is 5.65. The van der Waals surface area contributed by atoms with Gasteiger partial charge >= 0.3 is 0 Å². The average Bonchev–Trinajstić information content (AvgIpc) is 3.35. The van der Waals surface area contributed by atoms with Crippen LogP contribution in [0.4, 0.5) is 0 Å². The van der Waals surface area contributed by atoms with E-state index in [1.165, 1.54) is 6.42 Å². The number of hydrogen-bond donors (Lipinski definition) is 2. The van der Waals surface area contributed by atoms with Crippen LogP contribution in [0, 0.1) is 5.92 Å². The largest absolute Gasteiger partial charge is 0.504 e. The topological polar surface area (TPSA) is 79.2 Å². The summed E-state index contributed by atoms with van der Waals surface area (Å²) in [7, 11) is 0. The Morgan fingerprint density at radius 3 is 2.50 bits per heavy atom. The molecule has 0 saturated carbocycles. The van der Waals surface area contributed by atoms with Crippen LogP contribution < -0.4 is 9.47 Å². The molecule has 2 aliphatic rings. The maximum Gasteiger partial charge on any atom is 0.169 e. The average molecular weight is 534 g/mol. The third-order valence-corrected chi connectivity index (χ3v) is 8.19. The highest BCUT2D eigenvalue weighted by Crippen LogP contribution is 2.49. The van der Waals surface area contributed by atoms with Gasteiger partial charge in [-0.25, -0.2) is 4.21 Å². The van der Waals surface area contributed by atoms with Crippen LogP contribution >= 0.6 is 0 Å².